The fourth-order valence-electron chi connectivity index (χ4n) is 2.14. The molecule has 3 nitrogen and oxygen atoms in total. The SMILES string of the molecule is CC[C@H](NCc1ccc(Br)o1)[C@H]1CCCO1. The van der Waals surface area contributed by atoms with Gasteiger partial charge in [-0.05, 0) is 47.3 Å². The molecule has 1 N–H and O–H groups in total. The van der Waals surface area contributed by atoms with Crippen LogP contribution < -0.4 is 5.32 Å². The Labute approximate surface area is 105 Å². The van der Waals surface area contributed by atoms with E-state index in [9.17, 15) is 0 Å². The van der Waals surface area contributed by atoms with E-state index in [1.165, 1.54) is 12.8 Å². The molecule has 0 saturated carbocycles. The van der Waals surface area contributed by atoms with Crippen LogP contribution in [0, 0.1) is 0 Å². The number of rotatable bonds is 5. The van der Waals surface area contributed by atoms with Gasteiger partial charge in [-0.2, -0.15) is 0 Å². The van der Waals surface area contributed by atoms with E-state index in [0.29, 0.717) is 12.1 Å². The molecule has 0 bridgehead atoms. The van der Waals surface area contributed by atoms with Gasteiger partial charge in [-0.25, -0.2) is 0 Å². The molecule has 1 saturated heterocycles. The lowest BCUT2D eigenvalue weighted by Gasteiger charge is -2.22. The van der Waals surface area contributed by atoms with E-state index in [1.54, 1.807) is 0 Å². The van der Waals surface area contributed by atoms with Crippen molar-refractivity contribution < 1.29 is 9.15 Å². The van der Waals surface area contributed by atoms with Gasteiger partial charge in [-0.1, -0.05) is 6.92 Å². The first-order valence-corrected chi connectivity index (χ1v) is 6.68. The Morgan fingerprint density at radius 3 is 3.00 bits per heavy atom. The fraction of sp³-hybridized carbons (Fsp3) is 0.667. The van der Waals surface area contributed by atoms with Crippen LogP contribution in [0.4, 0.5) is 0 Å². The highest BCUT2D eigenvalue weighted by atomic mass is 79.9. The first-order valence-electron chi connectivity index (χ1n) is 5.89. The van der Waals surface area contributed by atoms with Crippen molar-refractivity contribution in [1.29, 1.82) is 0 Å². The Balaban J connectivity index is 1.82. The number of hydrogen-bond donors (Lipinski definition) is 1. The number of hydrogen-bond acceptors (Lipinski definition) is 3. The molecule has 1 aliphatic rings. The summed E-state index contributed by atoms with van der Waals surface area (Å²) in [7, 11) is 0. The summed E-state index contributed by atoms with van der Waals surface area (Å²) >= 11 is 3.30. The first kappa shape index (κ1) is 12.1. The summed E-state index contributed by atoms with van der Waals surface area (Å²) in [6.45, 7) is 3.87. The summed E-state index contributed by atoms with van der Waals surface area (Å²) in [5.41, 5.74) is 0. The zero-order valence-corrected chi connectivity index (χ0v) is 11.1. The zero-order valence-electron chi connectivity index (χ0n) is 9.54. The molecule has 0 aromatic carbocycles. The molecule has 1 fully saturated rings. The number of halogens is 1. The van der Waals surface area contributed by atoms with Crippen molar-refractivity contribution >= 4 is 15.9 Å². The van der Waals surface area contributed by atoms with Gasteiger partial charge in [0, 0.05) is 12.6 Å². The van der Waals surface area contributed by atoms with Gasteiger partial charge in [-0.3, -0.25) is 0 Å². The molecule has 90 valence electrons. The highest BCUT2D eigenvalue weighted by molar-refractivity contribution is 9.10. The summed E-state index contributed by atoms with van der Waals surface area (Å²) < 4.78 is 11.9. The highest BCUT2D eigenvalue weighted by Crippen LogP contribution is 2.19. The molecule has 0 radical (unpaired) electrons. The maximum Gasteiger partial charge on any atom is 0.169 e. The summed E-state index contributed by atoms with van der Waals surface area (Å²) in [5.74, 6) is 0.961. The third kappa shape index (κ3) is 3.09. The molecule has 2 rings (SSSR count). The monoisotopic (exact) mass is 287 g/mol. The van der Waals surface area contributed by atoms with Crippen LogP contribution in [0.25, 0.3) is 0 Å². The van der Waals surface area contributed by atoms with Crippen molar-refractivity contribution in [3.63, 3.8) is 0 Å². The van der Waals surface area contributed by atoms with Crippen LogP contribution in [0.1, 0.15) is 31.9 Å². The third-order valence-electron chi connectivity index (χ3n) is 3.02. The van der Waals surface area contributed by atoms with E-state index >= 15 is 0 Å². The topological polar surface area (TPSA) is 34.4 Å². The minimum atomic E-state index is 0.378. The lowest BCUT2D eigenvalue weighted by Crippen LogP contribution is -2.38. The summed E-state index contributed by atoms with van der Waals surface area (Å²) in [4.78, 5) is 0. The van der Waals surface area contributed by atoms with E-state index in [1.807, 2.05) is 12.1 Å². The van der Waals surface area contributed by atoms with Gasteiger partial charge in [0.05, 0.1) is 12.6 Å². The van der Waals surface area contributed by atoms with Gasteiger partial charge in [0.15, 0.2) is 4.67 Å². The van der Waals surface area contributed by atoms with Gasteiger partial charge in [0.1, 0.15) is 5.76 Å². The maximum absolute atomic E-state index is 5.70. The van der Waals surface area contributed by atoms with E-state index in [4.69, 9.17) is 9.15 Å². The molecule has 2 heterocycles. The Bertz CT molecular complexity index is 321. The highest BCUT2D eigenvalue weighted by Gasteiger charge is 2.24. The molecule has 0 amide bonds. The predicted octanol–water partition coefficient (Wildman–Crippen LogP) is 3.09. The van der Waals surface area contributed by atoms with Crippen LogP contribution >= 0.6 is 15.9 Å². The second-order valence-electron chi connectivity index (χ2n) is 4.15. The van der Waals surface area contributed by atoms with Crippen LogP contribution in [0.3, 0.4) is 0 Å². The lowest BCUT2D eigenvalue weighted by atomic mass is 10.1. The fourth-order valence-corrected chi connectivity index (χ4v) is 2.48. The van der Waals surface area contributed by atoms with Crippen LogP contribution in [0.15, 0.2) is 21.2 Å². The van der Waals surface area contributed by atoms with Gasteiger partial charge < -0.3 is 14.5 Å². The molecule has 2 atom stereocenters. The van der Waals surface area contributed by atoms with E-state index in [0.717, 1.165) is 30.0 Å². The number of ether oxygens (including phenoxy) is 1. The third-order valence-corrected chi connectivity index (χ3v) is 3.45. The molecule has 1 aromatic rings. The van der Waals surface area contributed by atoms with Crippen LogP contribution in [0.5, 0.6) is 0 Å². The van der Waals surface area contributed by atoms with Crippen molar-refractivity contribution in [2.75, 3.05) is 6.61 Å². The minimum Gasteiger partial charge on any atom is -0.453 e. The Kier molecular flexibility index (Phi) is 4.44. The molecule has 0 spiro atoms. The molecule has 1 aromatic heterocycles. The van der Waals surface area contributed by atoms with Crippen molar-refractivity contribution in [2.24, 2.45) is 0 Å². The van der Waals surface area contributed by atoms with Crippen molar-refractivity contribution in [1.82, 2.24) is 5.32 Å². The Morgan fingerprint density at radius 1 is 1.56 bits per heavy atom. The van der Waals surface area contributed by atoms with Gasteiger partial charge >= 0.3 is 0 Å². The van der Waals surface area contributed by atoms with Gasteiger partial charge in [0.25, 0.3) is 0 Å². The summed E-state index contributed by atoms with van der Waals surface area (Å²) in [5, 5.41) is 3.50. The summed E-state index contributed by atoms with van der Waals surface area (Å²) in [6.07, 6.45) is 3.83. The summed E-state index contributed by atoms with van der Waals surface area (Å²) in [6, 6.07) is 4.34. The maximum atomic E-state index is 5.70. The predicted molar refractivity (Wildman–Crippen MR) is 66.3 cm³/mol. The van der Waals surface area contributed by atoms with Crippen LogP contribution in [0.2, 0.25) is 0 Å². The molecule has 4 heteroatoms. The normalized spacial score (nSPS) is 22.5. The number of nitrogens with one attached hydrogen (secondary N) is 1. The van der Waals surface area contributed by atoms with Crippen molar-refractivity contribution in [3.8, 4) is 0 Å². The van der Waals surface area contributed by atoms with Crippen molar-refractivity contribution in [3.05, 3.63) is 22.6 Å². The second kappa shape index (κ2) is 5.84. The number of furan rings is 1. The Hall–Kier alpha value is -0.320. The zero-order chi connectivity index (χ0) is 11.4. The largest absolute Gasteiger partial charge is 0.453 e. The minimum absolute atomic E-state index is 0.378. The van der Waals surface area contributed by atoms with Gasteiger partial charge in [0.2, 0.25) is 0 Å². The van der Waals surface area contributed by atoms with Crippen LogP contribution in [-0.2, 0) is 11.3 Å². The first-order chi connectivity index (χ1) is 7.79. The van der Waals surface area contributed by atoms with E-state index in [2.05, 4.69) is 28.2 Å². The van der Waals surface area contributed by atoms with Gasteiger partial charge in [-0.15, -0.1) is 0 Å². The van der Waals surface area contributed by atoms with E-state index in [-0.39, 0.29) is 0 Å². The smallest absolute Gasteiger partial charge is 0.169 e. The molecular formula is C12H18BrNO2. The lowest BCUT2D eigenvalue weighted by molar-refractivity contribution is 0.0758. The molecule has 1 aliphatic heterocycles. The molecule has 0 unspecified atom stereocenters. The second-order valence-corrected chi connectivity index (χ2v) is 4.93. The van der Waals surface area contributed by atoms with E-state index < -0.39 is 0 Å². The average Bonchev–Trinajstić information content (AvgIpc) is 2.91. The van der Waals surface area contributed by atoms with Crippen molar-refractivity contribution in [2.45, 2.75) is 44.9 Å². The molecular weight excluding hydrogens is 270 g/mol. The Morgan fingerprint density at radius 2 is 2.44 bits per heavy atom. The molecule has 0 aliphatic carbocycles. The average molecular weight is 288 g/mol. The quantitative estimate of drug-likeness (QED) is 0.904. The standard InChI is InChI=1S/C12H18BrNO2/c1-2-10(11-4-3-7-15-11)14-8-9-5-6-12(13)16-9/h5-6,10-11,14H,2-4,7-8H2,1H3/t10-,11+/m0/s1. The molecule has 16 heavy (non-hydrogen) atoms. The van der Waals surface area contributed by atoms with Crippen LogP contribution in [-0.4, -0.2) is 18.8 Å².